The lowest BCUT2D eigenvalue weighted by Crippen LogP contribution is -2.43. The van der Waals surface area contributed by atoms with Crippen LogP contribution < -0.4 is 14.8 Å². The van der Waals surface area contributed by atoms with Gasteiger partial charge in [-0.15, -0.1) is 0 Å². The number of benzene rings is 1. The highest BCUT2D eigenvalue weighted by molar-refractivity contribution is 7.89. The van der Waals surface area contributed by atoms with Gasteiger partial charge in [0.05, 0.1) is 24.5 Å². The summed E-state index contributed by atoms with van der Waals surface area (Å²) in [5.74, 6) is 0.134. The van der Waals surface area contributed by atoms with Gasteiger partial charge in [-0.2, -0.15) is 4.31 Å². The summed E-state index contributed by atoms with van der Waals surface area (Å²) < 4.78 is 43.0. The minimum Gasteiger partial charge on any atom is -0.497 e. The number of amides is 1. The molecule has 1 aromatic carbocycles. The lowest BCUT2D eigenvalue weighted by Gasteiger charge is -2.31. The van der Waals surface area contributed by atoms with Crippen molar-refractivity contribution in [2.24, 2.45) is 5.92 Å². The highest BCUT2D eigenvalue weighted by atomic mass is 32.2. The van der Waals surface area contributed by atoms with Crippen LogP contribution in [0.1, 0.15) is 12.8 Å². The molecule has 1 unspecified atom stereocenters. The van der Waals surface area contributed by atoms with Crippen molar-refractivity contribution in [3.8, 4) is 11.6 Å². The van der Waals surface area contributed by atoms with Crippen LogP contribution in [0.4, 0.5) is 5.69 Å². The number of nitrogens with zero attached hydrogens (tertiary/aromatic N) is 2. The molecule has 168 valence electrons. The zero-order valence-electron chi connectivity index (χ0n) is 17.6. The summed E-state index contributed by atoms with van der Waals surface area (Å²) in [6.07, 6.45) is 2.76. The molecule has 0 aliphatic carbocycles. The van der Waals surface area contributed by atoms with Crippen molar-refractivity contribution in [1.82, 2.24) is 9.29 Å². The summed E-state index contributed by atoms with van der Waals surface area (Å²) in [4.78, 5) is 17.2. The van der Waals surface area contributed by atoms with Gasteiger partial charge in [0.1, 0.15) is 18.0 Å². The van der Waals surface area contributed by atoms with Gasteiger partial charge >= 0.3 is 0 Å². The summed E-state index contributed by atoms with van der Waals surface area (Å²) in [6.45, 7) is 1.18. The second kappa shape index (κ2) is 10.6. The molecule has 3 rings (SSSR count). The zero-order valence-corrected chi connectivity index (χ0v) is 18.4. The summed E-state index contributed by atoms with van der Waals surface area (Å²) in [5, 5.41) is 2.83. The topological polar surface area (TPSA) is 107 Å². The van der Waals surface area contributed by atoms with Gasteiger partial charge in [0.15, 0.2) is 0 Å². The third-order valence-corrected chi connectivity index (χ3v) is 6.89. The molecule has 31 heavy (non-hydrogen) atoms. The molecule has 0 spiro atoms. The Morgan fingerprint density at radius 1 is 1.19 bits per heavy atom. The van der Waals surface area contributed by atoms with E-state index in [0.717, 1.165) is 0 Å². The van der Waals surface area contributed by atoms with Crippen LogP contribution >= 0.6 is 0 Å². The van der Waals surface area contributed by atoms with Gasteiger partial charge in [-0.1, -0.05) is 0 Å². The molecule has 1 N–H and O–H groups in total. The van der Waals surface area contributed by atoms with Crippen molar-refractivity contribution in [2.45, 2.75) is 17.7 Å². The van der Waals surface area contributed by atoms with Crippen molar-refractivity contribution in [3.05, 3.63) is 42.6 Å². The number of carbonyl (C=O) groups excluding carboxylic acids is 1. The largest absolute Gasteiger partial charge is 0.497 e. The summed E-state index contributed by atoms with van der Waals surface area (Å²) in [5.41, 5.74) is 0.443. The van der Waals surface area contributed by atoms with Crippen molar-refractivity contribution >= 4 is 21.6 Å². The van der Waals surface area contributed by atoms with E-state index in [1.807, 2.05) is 0 Å². The van der Waals surface area contributed by atoms with Gasteiger partial charge in [0.2, 0.25) is 21.8 Å². The summed E-state index contributed by atoms with van der Waals surface area (Å²) in [6, 6.07) is 9.62. The van der Waals surface area contributed by atoms with Crippen LogP contribution in [-0.2, 0) is 19.6 Å². The minimum absolute atomic E-state index is 0.111. The number of anilines is 1. The SMILES string of the molecule is COCCOc1ncccc1NC(=O)C1CCCN(S(=O)(=O)c2ccc(OC)cc2)C1. The highest BCUT2D eigenvalue weighted by Gasteiger charge is 2.33. The number of aromatic nitrogens is 1. The van der Waals surface area contributed by atoms with E-state index in [0.29, 0.717) is 49.9 Å². The first-order valence-corrected chi connectivity index (χ1v) is 11.4. The Balaban J connectivity index is 1.68. The molecule has 1 aliphatic heterocycles. The van der Waals surface area contributed by atoms with Crippen LogP contribution in [0.3, 0.4) is 0 Å². The zero-order chi connectivity index (χ0) is 22.3. The fraction of sp³-hybridized carbons (Fsp3) is 0.429. The van der Waals surface area contributed by atoms with Crippen LogP contribution in [0.2, 0.25) is 0 Å². The average molecular weight is 450 g/mol. The highest BCUT2D eigenvalue weighted by Crippen LogP contribution is 2.27. The first-order chi connectivity index (χ1) is 15.0. The van der Waals surface area contributed by atoms with Gasteiger partial charge in [-0.05, 0) is 49.2 Å². The van der Waals surface area contributed by atoms with Crippen molar-refractivity contribution in [2.75, 3.05) is 45.8 Å². The molecule has 2 aromatic rings. The van der Waals surface area contributed by atoms with E-state index in [1.165, 1.54) is 23.5 Å². The van der Waals surface area contributed by atoms with E-state index in [9.17, 15) is 13.2 Å². The number of carbonyl (C=O) groups is 1. The van der Waals surface area contributed by atoms with Gasteiger partial charge in [-0.3, -0.25) is 4.79 Å². The minimum atomic E-state index is -3.70. The van der Waals surface area contributed by atoms with Gasteiger partial charge in [0, 0.05) is 26.4 Å². The lowest BCUT2D eigenvalue weighted by atomic mass is 9.99. The molecule has 0 bridgehead atoms. The van der Waals surface area contributed by atoms with Gasteiger partial charge in [-0.25, -0.2) is 13.4 Å². The molecule has 2 heterocycles. The maximum Gasteiger partial charge on any atom is 0.243 e. The number of methoxy groups -OCH3 is 2. The van der Waals surface area contributed by atoms with Crippen LogP contribution in [0.25, 0.3) is 0 Å². The van der Waals surface area contributed by atoms with Crippen molar-refractivity contribution in [3.63, 3.8) is 0 Å². The monoisotopic (exact) mass is 449 g/mol. The lowest BCUT2D eigenvalue weighted by molar-refractivity contribution is -0.120. The summed E-state index contributed by atoms with van der Waals surface area (Å²) in [7, 11) is -0.612. The molecule has 0 saturated carbocycles. The first-order valence-electron chi connectivity index (χ1n) is 9.97. The molecule has 1 fully saturated rings. The van der Waals surface area contributed by atoms with Crippen LogP contribution in [0.15, 0.2) is 47.5 Å². The van der Waals surface area contributed by atoms with Crippen molar-refractivity contribution in [1.29, 1.82) is 0 Å². The Hall–Kier alpha value is -2.69. The third-order valence-electron chi connectivity index (χ3n) is 5.01. The standard InChI is InChI=1S/C21H27N3O6S/c1-28-13-14-30-21-19(6-3-11-22-21)23-20(25)16-5-4-12-24(15-16)31(26,27)18-9-7-17(29-2)8-10-18/h3,6-11,16H,4-5,12-15H2,1-2H3,(H,23,25). The Bertz CT molecular complexity index is 981. The van der Waals surface area contributed by atoms with Crippen molar-refractivity contribution < 1.29 is 27.4 Å². The Labute approximate surface area is 182 Å². The number of nitrogens with one attached hydrogen (secondary N) is 1. The number of sulfonamides is 1. The normalized spacial score (nSPS) is 17.2. The fourth-order valence-corrected chi connectivity index (χ4v) is 4.85. The number of pyridine rings is 1. The average Bonchev–Trinajstić information content (AvgIpc) is 2.80. The maximum absolute atomic E-state index is 13.0. The van der Waals surface area contributed by atoms with Gasteiger partial charge < -0.3 is 19.5 Å². The molecule has 0 radical (unpaired) electrons. The Morgan fingerprint density at radius 2 is 1.97 bits per heavy atom. The van der Waals surface area contributed by atoms with E-state index >= 15 is 0 Å². The molecule has 10 heteroatoms. The number of ether oxygens (including phenoxy) is 3. The molecule has 1 aromatic heterocycles. The molecule has 1 atom stereocenters. The molecular weight excluding hydrogens is 422 g/mol. The summed E-state index contributed by atoms with van der Waals surface area (Å²) >= 11 is 0. The molecule has 1 aliphatic rings. The van der Waals surface area contributed by atoms with Crippen LogP contribution in [0.5, 0.6) is 11.6 Å². The molecular formula is C21H27N3O6S. The first kappa shape index (κ1) is 23.0. The smallest absolute Gasteiger partial charge is 0.243 e. The Kier molecular flexibility index (Phi) is 7.83. The number of hydrogen-bond donors (Lipinski definition) is 1. The molecule has 1 amide bonds. The van der Waals surface area contributed by atoms with Crippen LogP contribution in [-0.4, -0.2) is 64.1 Å². The van der Waals surface area contributed by atoms with E-state index in [1.54, 1.807) is 37.6 Å². The van der Waals surface area contributed by atoms with E-state index in [2.05, 4.69) is 10.3 Å². The number of piperidine rings is 1. The predicted octanol–water partition coefficient (Wildman–Crippen LogP) is 2.15. The van der Waals surface area contributed by atoms with Gasteiger partial charge in [0.25, 0.3) is 0 Å². The maximum atomic E-state index is 13.0. The Morgan fingerprint density at radius 3 is 2.68 bits per heavy atom. The quantitative estimate of drug-likeness (QED) is 0.585. The number of rotatable bonds is 9. The third kappa shape index (κ3) is 5.72. The number of hydrogen-bond acceptors (Lipinski definition) is 7. The van der Waals surface area contributed by atoms with Crippen LogP contribution in [0, 0.1) is 5.92 Å². The molecule has 1 saturated heterocycles. The predicted molar refractivity (Wildman–Crippen MR) is 115 cm³/mol. The second-order valence-electron chi connectivity index (χ2n) is 7.06. The van der Waals surface area contributed by atoms with E-state index in [4.69, 9.17) is 14.2 Å². The fourth-order valence-electron chi connectivity index (χ4n) is 3.33. The second-order valence-corrected chi connectivity index (χ2v) is 9.00. The van der Waals surface area contributed by atoms with E-state index < -0.39 is 15.9 Å². The van der Waals surface area contributed by atoms with E-state index in [-0.39, 0.29) is 17.3 Å². The molecule has 9 nitrogen and oxygen atoms in total.